The Morgan fingerprint density at radius 2 is 0.699 bits per heavy atom. The van der Waals surface area contributed by atoms with Gasteiger partial charge in [0.15, 0.2) is 0 Å². The number of carbonyl (C=O) groups is 12. The molecule has 3 saturated heterocycles. The molecule has 0 saturated carbocycles. The zero-order chi connectivity index (χ0) is 70.3. The van der Waals surface area contributed by atoms with Crippen LogP contribution < -0.4 is 47.9 Å². The number of carbonyl (C=O) groups excluding carboxylic acids is 12. The number of ether oxygens (including phenoxy) is 3. The molecule has 0 aromatic heterocycles. The predicted octanol–water partition coefficient (Wildman–Crippen LogP) is 7.44. The lowest BCUT2D eigenvalue weighted by molar-refractivity contribution is -0.152. The minimum Gasteiger partial charge on any atom is -0.457 e. The molecule has 27 nitrogen and oxygen atoms in total. The highest BCUT2D eigenvalue weighted by molar-refractivity contribution is 8.77. The molecule has 12 N–H and O–H groups in total. The second-order valence-electron chi connectivity index (χ2n) is 24.5. The van der Waals surface area contributed by atoms with Gasteiger partial charge in [0.05, 0.1) is 75.0 Å². The van der Waals surface area contributed by atoms with Crippen LogP contribution in [0.25, 0.3) is 0 Å². The highest BCUT2D eigenvalue weighted by Crippen LogP contribution is 2.28. The molecule has 3 fully saturated rings. The van der Waals surface area contributed by atoms with Crippen LogP contribution in [-0.4, -0.2) is 212 Å². The highest BCUT2D eigenvalue weighted by Gasteiger charge is 2.37. The molecular weight excluding hydrogens is 1450 g/mol. The van der Waals surface area contributed by atoms with E-state index in [0.29, 0.717) is 49.4 Å². The average Bonchev–Trinajstić information content (AvgIpc) is 1.86. The van der Waals surface area contributed by atoms with Crippen LogP contribution in [0, 0.1) is 17.8 Å². The Morgan fingerprint density at radius 1 is 0.398 bits per heavy atom. The van der Waals surface area contributed by atoms with E-state index in [1.165, 1.54) is 53.2 Å². The van der Waals surface area contributed by atoms with Gasteiger partial charge in [0, 0.05) is 34.5 Å². The Bertz CT molecular complexity index is 2700. The molecule has 16 unspecified atom stereocenters. The van der Waals surface area contributed by atoms with Crippen molar-refractivity contribution in [3.63, 3.8) is 0 Å². The summed E-state index contributed by atoms with van der Waals surface area (Å²) < 4.78 is 16.3. The first-order chi connectivity index (χ1) is 45.0. The first-order valence-electron chi connectivity index (χ1n) is 32.1. The topological polar surface area (TPSA) is 401 Å². The number of hydrogen-bond donors (Lipinski definition) is 12. The normalized spacial score (nSPS) is 30.4. The number of amides is 9. The van der Waals surface area contributed by atoms with Crippen molar-refractivity contribution in [2.75, 3.05) is 34.5 Å². The van der Waals surface area contributed by atoms with E-state index in [1.54, 1.807) is 50.6 Å². The van der Waals surface area contributed by atoms with Crippen LogP contribution in [0.5, 0.6) is 0 Å². The summed E-state index contributed by atoms with van der Waals surface area (Å²) in [5.74, 6) is -3.08. The first kappa shape index (κ1) is 106. The minimum absolute atomic E-state index is 0. The van der Waals surface area contributed by atoms with E-state index in [-0.39, 0.29) is 116 Å². The molecule has 6 bridgehead atoms. The summed E-state index contributed by atoms with van der Waals surface area (Å²) in [5.41, 5.74) is 0. The Hall–Kier alpha value is -5.16. The maximum Gasteiger partial charge on any atom is 0.309 e. The van der Waals surface area contributed by atoms with Gasteiger partial charge in [-0.25, -0.2) is 0 Å². The van der Waals surface area contributed by atoms with Crippen LogP contribution in [0.15, 0.2) is 36.5 Å². The fourth-order valence-electron chi connectivity index (χ4n) is 9.92. The molecule has 0 aliphatic carbocycles. The largest absolute Gasteiger partial charge is 0.457 e. The van der Waals surface area contributed by atoms with Crippen LogP contribution in [0.3, 0.4) is 0 Å². The standard InChI is InChI=1S/2C21H33N3O6S2.C20H31N3O6S2.8CH4/c1-12(2)8-15-17(25)10-19(27)30-14-6-4-5-7-31-32-11-16(21(29)23-15)24-20(28)13(3)22-18(26)9-14;1-4-12(2)19-16(25)10-18(27)30-14-7-5-6-8-31-32-11-15(21(29)24-19)23-20(28)13(3)22-17(26)9-14;1-11(2)18-15(24)9-17(26)29-13-6-4-5-7-30-31-10-14(20(28)23-18)22-19(27)12(3)21-16(25)8-13;;;;;;;;/h4,6,12-17,25H,5,7-11H2,1-3H3,(H,22,26)(H,23,29)(H,24,28);5,7,12-16,19,25H,4,6,8-11H2,1-3H3,(H,22,26)(H,23,28)(H,24,29);4,6,11-15,18,24H,5,7-10H2,1-3H3,(H,21,25)(H,22,27)(H,23,28);8*1H4/b6-4+;7-5+;6-4+;;;;;;;;. The lowest BCUT2D eigenvalue weighted by Gasteiger charge is -2.30. The third-order valence-corrected chi connectivity index (χ3v) is 22.7. The van der Waals surface area contributed by atoms with Gasteiger partial charge in [0.25, 0.3) is 0 Å². The quantitative estimate of drug-likeness (QED) is 0.0550. The molecule has 103 heavy (non-hydrogen) atoms. The summed E-state index contributed by atoms with van der Waals surface area (Å²) in [5, 5.41) is 56.4. The number of fused-ring (bicyclic) bond motifs is 21. The van der Waals surface area contributed by atoms with Crippen LogP contribution in [-0.2, 0) is 71.7 Å². The highest BCUT2D eigenvalue weighted by atomic mass is 33.1. The molecule has 0 aromatic rings. The Balaban J connectivity index is -0.000000449. The van der Waals surface area contributed by atoms with Gasteiger partial charge >= 0.3 is 17.9 Å². The van der Waals surface area contributed by atoms with Crippen LogP contribution in [0.2, 0.25) is 0 Å². The van der Waals surface area contributed by atoms with Crippen LogP contribution >= 0.6 is 64.8 Å². The predicted molar refractivity (Wildman–Crippen MR) is 423 cm³/mol. The molecule has 6 aliphatic heterocycles. The van der Waals surface area contributed by atoms with Gasteiger partial charge < -0.3 is 77.4 Å². The van der Waals surface area contributed by atoms with Crippen molar-refractivity contribution in [2.45, 2.75) is 283 Å². The van der Waals surface area contributed by atoms with Crippen molar-refractivity contribution in [2.24, 2.45) is 17.8 Å². The van der Waals surface area contributed by atoms with E-state index < -0.39 is 162 Å². The van der Waals surface area contributed by atoms with Crippen LogP contribution in [0.1, 0.15) is 192 Å². The number of rotatable bonds is 5. The van der Waals surface area contributed by atoms with Gasteiger partial charge in [0.2, 0.25) is 53.2 Å². The van der Waals surface area contributed by atoms with Crippen molar-refractivity contribution in [1.82, 2.24) is 47.9 Å². The second-order valence-corrected chi connectivity index (χ2v) is 32.4. The van der Waals surface area contributed by atoms with Crippen molar-refractivity contribution < 1.29 is 87.1 Å². The Morgan fingerprint density at radius 3 is 1.01 bits per heavy atom. The van der Waals surface area contributed by atoms with E-state index in [9.17, 15) is 72.9 Å². The van der Waals surface area contributed by atoms with Crippen molar-refractivity contribution in [3.8, 4) is 0 Å². The number of nitrogens with one attached hydrogen (secondary N) is 9. The summed E-state index contributed by atoms with van der Waals surface area (Å²) in [7, 11) is 9.08. The molecule has 9 amide bonds. The average molecular weight is 1580 g/mol. The van der Waals surface area contributed by atoms with E-state index in [0.717, 1.165) is 17.3 Å². The van der Waals surface area contributed by atoms with Gasteiger partial charge in [-0.3, -0.25) is 57.5 Å². The van der Waals surface area contributed by atoms with E-state index >= 15 is 0 Å². The molecule has 33 heteroatoms. The van der Waals surface area contributed by atoms with Gasteiger partial charge in [0.1, 0.15) is 54.6 Å². The Kier molecular flexibility index (Phi) is 58.1. The van der Waals surface area contributed by atoms with E-state index in [1.807, 2.05) is 59.8 Å². The number of allylic oxidation sites excluding steroid dienone is 3. The van der Waals surface area contributed by atoms with Crippen molar-refractivity contribution in [1.29, 1.82) is 0 Å². The van der Waals surface area contributed by atoms with Gasteiger partial charge in [-0.2, -0.15) is 0 Å². The minimum atomic E-state index is -1.18. The fraction of sp³-hybridized carbons (Fsp3) is 0.743. The summed E-state index contributed by atoms with van der Waals surface area (Å²) in [6.07, 6.45) is 6.34. The third kappa shape index (κ3) is 40.4. The molecule has 6 aliphatic rings. The number of esters is 3. The number of aliphatic hydroxyl groups excluding tert-OH is 3. The molecule has 0 aromatic carbocycles. The van der Waals surface area contributed by atoms with Gasteiger partial charge in [-0.05, 0) is 82.4 Å². The summed E-state index contributed by atoms with van der Waals surface area (Å²) in [4.78, 5) is 152. The van der Waals surface area contributed by atoms with Crippen LogP contribution in [0.4, 0.5) is 0 Å². The van der Waals surface area contributed by atoms with Gasteiger partial charge in [-0.1, -0.05) is 190 Å². The molecular formula is C70H129N9O18S6. The zero-order valence-corrected chi connectivity index (χ0v) is 60.2. The van der Waals surface area contributed by atoms with Crippen molar-refractivity contribution in [3.05, 3.63) is 36.5 Å². The van der Waals surface area contributed by atoms with E-state index in [2.05, 4.69) is 47.9 Å². The number of hydrogen-bond acceptors (Lipinski definition) is 24. The SMILES string of the molecule is C.C.C.C.C.C.C.C.CC(C)CC1NC(=O)C2CSSCC/C=C/C(CC(=O)NC(C)C(=O)N2)OC(=O)CC1O.CC1NC(=O)CC2/C=C/CCSSCC(NC1=O)C(=O)NC(C(C)C)C(O)CC(=O)O2.CCC(C)C1NC(=O)C2CSSCC/C=C/C(CC(=O)NC(C)C(=O)N2)OC(=O)CC1O. The van der Waals surface area contributed by atoms with E-state index in [4.69, 9.17) is 14.2 Å². The summed E-state index contributed by atoms with van der Waals surface area (Å²) >= 11 is 0. The summed E-state index contributed by atoms with van der Waals surface area (Å²) in [6.45, 7) is 15.9. The third-order valence-electron chi connectivity index (χ3n) is 15.4. The first-order valence-corrected chi connectivity index (χ1v) is 39.6. The molecule has 0 radical (unpaired) electrons. The van der Waals surface area contributed by atoms with Crippen molar-refractivity contribution >= 4 is 136 Å². The summed E-state index contributed by atoms with van der Waals surface area (Å²) in [6, 6.07) is -7.27. The monoisotopic (exact) mass is 1580 g/mol. The molecule has 6 rings (SSSR count). The molecule has 0 spiro atoms. The molecule has 598 valence electrons. The lowest BCUT2D eigenvalue weighted by Crippen LogP contribution is -2.57. The van der Waals surface area contributed by atoms with Gasteiger partial charge in [-0.15, -0.1) is 0 Å². The Labute approximate surface area is 638 Å². The maximum atomic E-state index is 13.1. The molecule has 6 heterocycles. The zero-order valence-electron chi connectivity index (χ0n) is 55.3. The smallest absolute Gasteiger partial charge is 0.309 e. The maximum absolute atomic E-state index is 13.1. The fourth-order valence-corrected chi connectivity index (χ4v) is 16.4. The second kappa shape index (κ2) is 56.2. The number of aliphatic hydroxyl groups is 3. The lowest BCUT2D eigenvalue weighted by atomic mass is 9.92. The molecule has 16 atom stereocenters.